The van der Waals surface area contributed by atoms with Gasteiger partial charge in [-0.3, -0.25) is 0 Å². The quantitative estimate of drug-likeness (QED) is 0.786. The van der Waals surface area contributed by atoms with E-state index < -0.39 is 26.6 Å². The zero-order valence-electron chi connectivity index (χ0n) is 12.5. The summed E-state index contributed by atoms with van der Waals surface area (Å²) < 4.78 is 40.2. The first-order chi connectivity index (χ1) is 10.8. The number of carbonyl (C=O) groups is 1. The van der Waals surface area contributed by atoms with Crippen molar-refractivity contribution < 1.29 is 17.6 Å². The summed E-state index contributed by atoms with van der Waals surface area (Å²) in [6, 6.07) is 4.38. The molecule has 0 aliphatic rings. The van der Waals surface area contributed by atoms with Crippen molar-refractivity contribution in [1.29, 1.82) is 0 Å². The minimum Gasteiger partial charge on any atom is -0.323 e. The van der Waals surface area contributed by atoms with Crippen molar-refractivity contribution >= 4 is 31.8 Å². The van der Waals surface area contributed by atoms with E-state index in [1.165, 1.54) is 23.2 Å². The van der Waals surface area contributed by atoms with Gasteiger partial charge in [0.1, 0.15) is 10.7 Å². The number of amides is 1. The van der Waals surface area contributed by atoms with E-state index >= 15 is 0 Å². The first kappa shape index (κ1) is 17.6. The summed E-state index contributed by atoms with van der Waals surface area (Å²) in [6.07, 6.45) is 1.25. The molecular formula is C14H15BrFN3O3S. The van der Waals surface area contributed by atoms with Gasteiger partial charge in [0.05, 0.1) is 0 Å². The number of rotatable bonds is 4. The summed E-state index contributed by atoms with van der Waals surface area (Å²) in [5.41, 5.74) is 0. The Morgan fingerprint density at radius 1 is 1.30 bits per heavy atom. The van der Waals surface area contributed by atoms with Crippen molar-refractivity contribution in [3.8, 4) is 0 Å². The molecule has 9 heteroatoms. The van der Waals surface area contributed by atoms with E-state index in [2.05, 4.69) is 21.0 Å². The molecule has 0 unspecified atom stereocenters. The maximum atomic E-state index is 13.9. The fourth-order valence-corrected chi connectivity index (χ4v) is 3.56. The van der Waals surface area contributed by atoms with Gasteiger partial charge in [-0.15, -0.1) is 0 Å². The predicted octanol–water partition coefficient (Wildman–Crippen LogP) is 2.93. The Morgan fingerprint density at radius 2 is 1.96 bits per heavy atom. The van der Waals surface area contributed by atoms with Gasteiger partial charge in [0.2, 0.25) is 9.84 Å². The Balaban J connectivity index is 2.41. The topological polar surface area (TPSA) is 72.3 Å². The number of carbonyl (C=O) groups excluding carboxylic acids is 1. The van der Waals surface area contributed by atoms with E-state index in [-0.39, 0.29) is 5.03 Å². The standard InChI is InChI=1S/C14H15BrFN3O3S/c1-3-18(4-2)14(20)19-8-7-13(17-19)23(21,22)12-6-5-10(15)9-11(12)16/h5-9H,3-4H2,1-2H3. The molecule has 0 aliphatic heterocycles. The molecule has 0 radical (unpaired) electrons. The van der Waals surface area contributed by atoms with E-state index in [1.807, 2.05) is 0 Å². The van der Waals surface area contributed by atoms with Crippen LogP contribution < -0.4 is 0 Å². The highest BCUT2D eigenvalue weighted by atomic mass is 79.9. The van der Waals surface area contributed by atoms with Crippen LogP contribution in [0.2, 0.25) is 0 Å². The third-order valence-electron chi connectivity index (χ3n) is 3.25. The molecule has 0 fully saturated rings. The van der Waals surface area contributed by atoms with Gasteiger partial charge in [0, 0.05) is 23.8 Å². The van der Waals surface area contributed by atoms with Gasteiger partial charge in [-0.25, -0.2) is 17.6 Å². The Labute approximate surface area is 142 Å². The summed E-state index contributed by atoms with van der Waals surface area (Å²) in [4.78, 5) is 13.2. The minimum atomic E-state index is -4.14. The molecule has 2 aromatic rings. The summed E-state index contributed by atoms with van der Waals surface area (Å²) in [5.74, 6) is -0.885. The lowest BCUT2D eigenvalue weighted by atomic mass is 10.3. The predicted molar refractivity (Wildman–Crippen MR) is 85.5 cm³/mol. The van der Waals surface area contributed by atoms with Crippen LogP contribution in [0.4, 0.5) is 9.18 Å². The Hall–Kier alpha value is -1.74. The average Bonchev–Trinajstić information content (AvgIpc) is 2.98. The minimum absolute atomic E-state index is 0.376. The molecule has 1 heterocycles. The lowest BCUT2D eigenvalue weighted by Crippen LogP contribution is -2.34. The molecular weight excluding hydrogens is 389 g/mol. The fourth-order valence-electron chi connectivity index (χ4n) is 2.00. The van der Waals surface area contributed by atoms with Crippen molar-refractivity contribution in [1.82, 2.24) is 14.7 Å². The van der Waals surface area contributed by atoms with E-state index in [4.69, 9.17) is 0 Å². The summed E-state index contributed by atoms with van der Waals surface area (Å²) in [7, 11) is -4.14. The summed E-state index contributed by atoms with van der Waals surface area (Å²) >= 11 is 3.07. The molecule has 124 valence electrons. The number of nitrogens with zero attached hydrogens (tertiary/aromatic N) is 3. The molecule has 1 amide bonds. The van der Waals surface area contributed by atoms with E-state index in [0.29, 0.717) is 17.6 Å². The Morgan fingerprint density at radius 3 is 2.52 bits per heavy atom. The van der Waals surface area contributed by atoms with Crippen molar-refractivity contribution in [3.63, 3.8) is 0 Å². The van der Waals surface area contributed by atoms with E-state index in [0.717, 1.165) is 16.8 Å². The summed E-state index contributed by atoms with van der Waals surface area (Å²) in [6.45, 7) is 4.55. The van der Waals surface area contributed by atoms with Crippen LogP contribution >= 0.6 is 15.9 Å². The maximum Gasteiger partial charge on any atom is 0.344 e. The average molecular weight is 404 g/mol. The van der Waals surface area contributed by atoms with Gasteiger partial charge in [-0.05, 0) is 38.1 Å². The van der Waals surface area contributed by atoms with Crippen LogP contribution in [0.3, 0.4) is 0 Å². The second-order valence-electron chi connectivity index (χ2n) is 4.63. The van der Waals surface area contributed by atoms with Crippen LogP contribution in [0, 0.1) is 5.82 Å². The highest BCUT2D eigenvalue weighted by Gasteiger charge is 2.26. The molecule has 0 saturated carbocycles. The normalized spacial score (nSPS) is 11.5. The highest BCUT2D eigenvalue weighted by molar-refractivity contribution is 9.10. The number of benzene rings is 1. The second kappa shape index (κ2) is 6.79. The molecule has 0 N–H and O–H groups in total. The number of hydrogen-bond donors (Lipinski definition) is 0. The van der Waals surface area contributed by atoms with Crippen molar-refractivity contribution in [3.05, 3.63) is 40.8 Å². The van der Waals surface area contributed by atoms with Gasteiger partial charge < -0.3 is 4.90 Å². The molecule has 0 spiro atoms. The monoisotopic (exact) mass is 403 g/mol. The van der Waals surface area contributed by atoms with Gasteiger partial charge in [0.15, 0.2) is 5.03 Å². The van der Waals surface area contributed by atoms with E-state index in [9.17, 15) is 17.6 Å². The Kier molecular flexibility index (Phi) is 5.20. The van der Waals surface area contributed by atoms with Crippen LogP contribution in [0.15, 0.2) is 44.9 Å². The zero-order valence-corrected chi connectivity index (χ0v) is 14.9. The first-order valence-electron chi connectivity index (χ1n) is 6.86. The highest BCUT2D eigenvalue weighted by Crippen LogP contribution is 2.24. The fraction of sp³-hybridized carbons (Fsp3) is 0.286. The number of halogens is 2. The molecule has 6 nitrogen and oxygen atoms in total. The van der Waals surface area contributed by atoms with Crippen LogP contribution in [0.1, 0.15) is 13.8 Å². The number of aromatic nitrogens is 2. The number of sulfone groups is 1. The Bertz CT molecular complexity index is 832. The van der Waals surface area contributed by atoms with Crippen LogP contribution in [0.5, 0.6) is 0 Å². The van der Waals surface area contributed by atoms with Gasteiger partial charge in [0.25, 0.3) is 0 Å². The molecule has 23 heavy (non-hydrogen) atoms. The summed E-state index contributed by atoms with van der Waals surface area (Å²) in [5, 5.41) is 3.42. The third kappa shape index (κ3) is 3.45. The maximum absolute atomic E-state index is 13.9. The molecule has 0 saturated heterocycles. The van der Waals surface area contributed by atoms with Crippen LogP contribution in [-0.2, 0) is 9.84 Å². The first-order valence-corrected chi connectivity index (χ1v) is 9.14. The van der Waals surface area contributed by atoms with Gasteiger partial charge in [-0.1, -0.05) is 15.9 Å². The SMILES string of the molecule is CCN(CC)C(=O)n1ccc(S(=O)(=O)c2ccc(Br)cc2F)n1. The van der Waals surface area contributed by atoms with Crippen molar-refractivity contribution in [2.24, 2.45) is 0 Å². The lowest BCUT2D eigenvalue weighted by molar-refractivity contribution is 0.201. The molecule has 0 aliphatic carbocycles. The molecule has 2 rings (SSSR count). The zero-order chi connectivity index (χ0) is 17.2. The molecule has 0 atom stereocenters. The molecule has 1 aromatic carbocycles. The van der Waals surface area contributed by atoms with Crippen LogP contribution in [0.25, 0.3) is 0 Å². The smallest absolute Gasteiger partial charge is 0.323 e. The lowest BCUT2D eigenvalue weighted by Gasteiger charge is -2.17. The largest absolute Gasteiger partial charge is 0.344 e. The van der Waals surface area contributed by atoms with Gasteiger partial charge in [-0.2, -0.15) is 9.78 Å². The van der Waals surface area contributed by atoms with Crippen molar-refractivity contribution in [2.45, 2.75) is 23.8 Å². The third-order valence-corrected chi connectivity index (χ3v) is 5.43. The van der Waals surface area contributed by atoms with Gasteiger partial charge >= 0.3 is 6.03 Å². The second-order valence-corrected chi connectivity index (χ2v) is 7.41. The number of hydrogen-bond acceptors (Lipinski definition) is 4. The van der Waals surface area contributed by atoms with Crippen LogP contribution in [-0.4, -0.2) is 42.2 Å². The van der Waals surface area contributed by atoms with Crippen molar-refractivity contribution in [2.75, 3.05) is 13.1 Å². The molecule has 1 aromatic heterocycles. The van der Waals surface area contributed by atoms with E-state index in [1.54, 1.807) is 13.8 Å². The molecule has 0 bridgehead atoms.